The maximum Gasteiger partial charge on any atom is 0.252 e. The predicted molar refractivity (Wildman–Crippen MR) is 69.7 cm³/mol. The number of hydrogen-bond acceptors (Lipinski definition) is 2. The van der Waals surface area contributed by atoms with E-state index >= 15 is 0 Å². The SMILES string of the molecule is O=C(NCCCCCO)c1cccc(Cl)c1Cl. The van der Waals surface area contributed by atoms with E-state index in [1.165, 1.54) is 0 Å². The summed E-state index contributed by atoms with van der Waals surface area (Å²) in [6.45, 7) is 0.760. The first-order valence-corrected chi connectivity index (χ1v) is 6.25. The normalized spacial score (nSPS) is 10.3. The number of carbonyl (C=O) groups excluding carboxylic acids is 1. The Kier molecular flexibility index (Phi) is 6.34. The van der Waals surface area contributed by atoms with Gasteiger partial charge in [0.25, 0.3) is 5.91 Å². The minimum absolute atomic E-state index is 0.189. The van der Waals surface area contributed by atoms with Gasteiger partial charge in [-0.1, -0.05) is 29.3 Å². The average Bonchev–Trinajstić information content (AvgIpc) is 2.32. The minimum atomic E-state index is -0.221. The van der Waals surface area contributed by atoms with Crippen LogP contribution in [0.5, 0.6) is 0 Å². The molecule has 0 radical (unpaired) electrons. The van der Waals surface area contributed by atoms with Gasteiger partial charge in [-0.2, -0.15) is 0 Å². The van der Waals surface area contributed by atoms with Crippen LogP contribution in [0, 0.1) is 0 Å². The van der Waals surface area contributed by atoms with Crippen LogP contribution in [0.2, 0.25) is 10.0 Å². The van der Waals surface area contributed by atoms with Crippen molar-refractivity contribution >= 4 is 29.1 Å². The summed E-state index contributed by atoms with van der Waals surface area (Å²) >= 11 is 11.7. The molecule has 0 aromatic heterocycles. The predicted octanol–water partition coefficient (Wildman–Crippen LogP) is 2.89. The summed E-state index contributed by atoms with van der Waals surface area (Å²) < 4.78 is 0. The Labute approximate surface area is 111 Å². The number of rotatable bonds is 6. The maximum absolute atomic E-state index is 11.7. The van der Waals surface area contributed by atoms with E-state index in [2.05, 4.69) is 5.32 Å². The highest BCUT2D eigenvalue weighted by Gasteiger charge is 2.11. The third kappa shape index (κ3) is 4.54. The van der Waals surface area contributed by atoms with Crippen molar-refractivity contribution in [2.24, 2.45) is 0 Å². The second-order valence-electron chi connectivity index (χ2n) is 3.64. The van der Waals surface area contributed by atoms with Crippen molar-refractivity contribution < 1.29 is 9.90 Å². The van der Waals surface area contributed by atoms with Crippen LogP contribution < -0.4 is 5.32 Å². The molecule has 5 heteroatoms. The molecule has 0 unspecified atom stereocenters. The molecular formula is C12H15Cl2NO2. The second kappa shape index (κ2) is 7.54. The van der Waals surface area contributed by atoms with Crippen LogP contribution in [0.15, 0.2) is 18.2 Å². The van der Waals surface area contributed by atoms with E-state index in [4.69, 9.17) is 28.3 Å². The van der Waals surface area contributed by atoms with Gasteiger partial charge in [0.15, 0.2) is 0 Å². The number of hydrogen-bond donors (Lipinski definition) is 2. The molecule has 0 bridgehead atoms. The Bertz CT molecular complexity index is 383. The second-order valence-corrected chi connectivity index (χ2v) is 4.43. The summed E-state index contributed by atoms with van der Waals surface area (Å²) in [7, 11) is 0. The number of unbranched alkanes of at least 4 members (excludes halogenated alkanes) is 2. The molecule has 1 amide bonds. The fraction of sp³-hybridized carbons (Fsp3) is 0.417. The fourth-order valence-electron chi connectivity index (χ4n) is 1.39. The van der Waals surface area contributed by atoms with Crippen molar-refractivity contribution in [2.75, 3.05) is 13.2 Å². The molecule has 0 fully saturated rings. The Balaban J connectivity index is 2.44. The zero-order chi connectivity index (χ0) is 12.7. The molecular weight excluding hydrogens is 261 g/mol. The fourth-order valence-corrected chi connectivity index (χ4v) is 1.78. The van der Waals surface area contributed by atoms with Crippen LogP contribution in [-0.2, 0) is 0 Å². The minimum Gasteiger partial charge on any atom is -0.396 e. The zero-order valence-electron chi connectivity index (χ0n) is 9.38. The summed E-state index contributed by atoms with van der Waals surface area (Å²) in [4.78, 5) is 11.7. The molecule has 0 heterocycles. The molecule has 0 spiro atoms. The highest BCUT2D eigenvalue weighted by Crippen LogP contribution is 2.25. The molecule has 0 aliphatic rings. The third-order valence-corrected chi connectivity index (χ3v) is 3.14. The molecule has 1 aromatic rings. The molecule has 1 rings (SSSR count). The van der Waals surface area contributed by atoms with Crippen molar-refractivity contribution in [2.45, 2.75) is 19.3 Å². The van der Waals surface area contributed by atoms with E-state index < -0.39 is 0 Å². The molecule has 0 atom stereocenters. The third-order valence-electron chi connectivity index (χ3n) is 2.32. The van der Waals surface area contributed by atoms with Crippen molar-refractivity contribution in [1.29, 1.82) is 0 Å². The number of nitrogens with one attached hydrogen (secondary N) is 1. The number of aliphatic hydroxyl groups is 1. The first-order valence-electron chi connectivity index (χ1n) is 5.50. The molecule has 94 valence electrons. The molecule has 3 nitrogen and oxygen atoms in total. The maximum atomic E-state index is 11.7. The lowest BCUT2D eigenvalue weighted by molar-refractivity contribution is 0.0953. The lowest BCUT2D eigenvalue weighted by Crippen LogP contribution is -2.24. The van der Waals surface area contributed by atoms with Crippen molar-refractivity contribution in [3.05, 3.63) is 33.8 Å². The average molecular weight is 276 g/mol. The van der Waals surface area contributed by atoms with E-state index in [9.17, 15) is 4.79 Å². The van der Waals surface area contributed by atoms with Gasteiger partial charge in [-0.05, 0) is 31.4 Å². The van der Waals surface area contributed by atoms with Crippen LogP contribution in [0.25, 0.3) is 0 Å². The van der Waals surface area contributed by atoms with Gasteiger partial charge in [0.05, 0.1) is 15.6 Å². The van der Waals surface area contributed by atoms with Crippen molar-refractivity contribution in [1.82, 2.24) is 5.32 Å². The first-order chi connectivity index (χ1) is 8.16. The molecule has 0 saturated carbocycles. The molecule has 0 aliphatic heterocycles. The largest absolute Gasteiger partial charge is 0.396 e. The van der Waals surface area contributed by atoms with Gasteiger partial charge in [-0.25, -0.2) is 0 Å². The lowest BCUT2D eigenvalue weighted by atomic mass is 10.2. The molecule has 0 aliphatic carbocycles. The van der Waals surface area contributed by atoms with Gasteiger partial charge in [-0.3, -0.25) is 4.79 Å². The molecule has 17 heavy (non-hydrogen) atoms. The highest BCUT2D eigenvalue weighted by atomic mass is 35.5. The van der Waals surface area contributed by atoms with Crippen LogP contribution in [0.3, 0.4) is 0 Å². The Morgan fingerprint density at radius 1 is 1.24 bits per heavy atom. The molecule has 0 saturated heterocycles. The van der Waals surface area contributed by atoms with Crippen molar-refractivity contribution in [3.63, 3.8) is 0 Å². The van der Waals surface area contributed by atoms with Crippen molar-refractivity contribution in [3.8, 4) is 0 Å². The van der Waals surface area contributed by atoms with E-state index in [-0.39, 0.29) is 17.5 Å². The van der Waals surface area contributed by atoms with E-state index in [1.54, 1.807) is 18.2 Å². The van der Waals surface area contributed by atoms with Gasteiger partial charge in [-0.15, -0.1) is 0 Å². The molecule has 1 aromatic carbocycles. The topological polar surface area (TPSA) is 49.3 Å². The van der Waals surface area contributed by atoms with Gasteiger partial charge in [0.2, 0.25) is 0 Å². The van der Waals surface area contributed by atoms with E-state index in [1.807, 2.05) is 0 Å². The van der Waals surface area contributed by atoms with E-state index in [0.29, 0.717) is 17.1 Å². The summed E-state index contributed by atoms with van der Waals surface area (Å²) in [6, 6.07) is 4.97. The summed E-state index contributed by atoms with van der Waals surface area (Å²) in [5.74, 6) is -0.221. The monoisotopic (exact) mass is 275 g/mol. The number of halogens is 2. The standard InChI is InChI=1S/C12H15Cl2NO2/c13-10-6-4-5-9(11(10)14)12(17)15-7-2-1-3-8-16/h4-6,16H,1-3,7-8H2,(H,15,17). The zero-order valence-corrected chi connectivity index (χ0v) is 10.9. The Morgan fingerprint density at radius 2 is 2.00 bits per heavy atom. The number of carbonyl (C=O) groups is 1. The van der Waals surface area contributed by atoms with Gasteiger partial charge in [0.1, 0.15) is 0 Å². The number of aliphatic hydroxyl groups excluding tert-OH is 1. The highest BCUT2D eigenvalue weighted by molar-refractivity contribution is 6.43. The quantitative estimate of drug-likeness (QED) is 0.785. The smallest absolute Gasteiger partial charge is 0.252 e. The molecule has 2 N–H and O–H groups in total. The van der Waals surface area contributed by atoms with Crippen LogP contribution in [-0.4, -0.2) is 24.2 Å². The Morgan fingerprint density at radius 3 is 2.71 bits per heavy atom. The summed E-state index contributed by atoms with van der Waals surface area (Å²) in [5.41, 5.74) is 0.390. The van der Waals surface area contributed by atoms with Gasteiger partial charge < -0.3 is 10.4 Å². The van der Waals surface area contributed by atoms with Gasteiger partial charge in [0, 0.05) is 13.2 Å². The summed E-state index contributed by atoms with van der Waals surface area (Å²) in [6.07, 6.45) is 2.48. The Hall–Kier alpha value is -0.770. The van der Waals surface area contributed by atoms with Crippen LogP contribution >= 0.6 is 23.2 Å². The number of benzene rings is 1. The van der Waals surface area contributed by atoms with Crippen LogP contribution in [0.4, 0.5) is 0 Å². The summed E-state index contributed by atoms with van der Waals surface area (Å²) in [5, 5.41) is 12.0. The van der Waals surface area contributed by atoms with Gasteiger partial charge >= 0.3 is 0 Å². The lowest BCUT2D eigenvalue weighted by Gasteiger charge is -2.07. The van der Waals surface area contributed by atoms with E-state index in [0.717, 1.165) is 19.3 Å². The first kappa shape index (κ1) is 14.3. The number of amides is 1. The van der Waals surface area contributed by atoms with Crippen LogP contribution in [0.1, 0.15) is 29.6 Å².